The number of halogens is 1. The predicted octanol–water partition coefficient (Wildman–Crippen LogP) is 4.21. The van der Waals surface area contributed by atoms with E-state index < -0.39 is 0 Å². The van der Waals surface area contributed by atoms with Gasteiger partial charge in [0.2, 0.25) is 0 Å². The van der Waals surface area contributed by atoms with Crippen LogP contribution >= 0.6 is 22.9 Å². The van der Waals surface area contributed by atoms with Crippen LogP contribution in [0.25, 0.3) is 0 Å². The zero-order valence-corrected chi connectivity index (χ0v) is 11.4. The van der Waals surface area contributed by atoms with Crippen molar-refractivity contribution in [1.29, 1.82) is 0 Å². The normalized spacial score (nSPS) is 14.5. The van der Waals surface area contributed by atoms with Crippen molar-refractivity contribution < 1.29 is 0 Å². The molecule has 1 N–H and O–H groups in total. The molecule has 0 fully saturated rings. The molecule has 17 heavy (non-hydrogen) atoms. The van der Waals surface area contributed by atoms with Gasteiger partial charge < -0.3 is 5.32 Å². The summed E-state index contributed by atoms with van der Waals surface area (Å²) in [5.41, 5.74) is 1.20. The third kappa shape index (κ3) is 3.28. The second-order valence-corrected chi connectivity index (χ2v) is 5.40. The number of hydrogen-bond donors (Lipinski definition) is 1. The van der Waals surface area contributed by atoms with Gasteiger partial charge in [0.1, 0.15) is 5.01 Å². The highest BCUT2D eigenvalue weighted by atomic mass is 35.5. The molecule has 1 aromatic carbocycles. The first-order valence-corrected chi connectivity index (χ1v) is 6.83. The molecule has 4 heteroatoms. The molecule has 1 unspecified atom stereocenters. The van der Waals surface area contributed by atoms with Crippen molar-refractivity contribution in [1.82, 2.24) is 10.3 Å². The maximum atomic E-state index is 5.99. The largest absolute Gasteiger partial charge is 0.302 e. The van der Waals surface area contributed by atoms with Crippen LogP contribution in [0.4, 0.5) is 0 Å². The van der Waals surface area contributed by atoms with E-state index in [0.717, 1.165) is 10.0 Å². The van der Waals surface area contributed by atoms with Gasteiger partial charge >= 0.3 is 0 Å². The van der Waals surface area contributed by atoms with Crippen molar-refractivity contribution in [3.05, 3.63) is 51.4 Å². The van der Waals surface area contributed by atoms with Gasteiger partial charge in [0.05, 0.1) is 6.04 Å². The van der Waals surface area contributed by atoms with Gasteiger partial charge in [-0.15, -0.1) is 11.3 Å². The number of rotatable bonds is 4. The molecule has 1 heterocycles. The minimum absolute atomic E-state index is 0.254. The monoisotopic (exact) mass is 266 g/mol. The van der Waals surface area contributed by atoms with Crippen LogP contribution in [0.1, 0.15) is 36.5 Å². The van der Waals surface area contributed by atoms with Gasteiger partial charge in [-0.3, -0.25) is 0 Å². The smallest absolute Gasteiger partial charge is 0.109 e. The van der Waals surface area contributed by atoms with Gasteiger partial charge in [0.15, 0.2) is 0 Å². The van der Waals surface area contributed by atoms with Gasteiger partial charge in [-0.05, 0) is 31.5 Å². The van der Waals surface area contributed by atoms with Crippen LogP contribution in [-0.4, -0.2) is 4.98 Å². The Hall–Kier alpha value is -0.900. The van der Waals surface area contributed by atoms with E-state index >= 15 is 0 Å². The topological polar surface area (TPSA) is 24.9 Å². The molecule has 0 saturated carbocycles. The molecule has 90 valence electrons. The van der Waals surface area contributed by atoms with Crippen molar-refractivity contribution in [2.75, 3.05) is 0 Å². The highest BCUT2D eigenvalue weighted by Crippen LogP contribution is 2.22. The van der Waals surface area contributed by atoms with E-state index in [2.05, 4.69) is 30.2 Å². The molecule has 2 rings (SSSR count). The Labute approximate surface area is 111 Å². The lowest BCUT2D eigenvalue weighted by Crippen LogP contribution is -2.22. The highest BCUT2D eigenvalue weighted by molar-refractivity contribution is 7.09. The fourth-order valence-corrected chi connectivity index (χ4v) is 2.62. The van der Waals surface area contributed by atoms with Crippen molar-refractivity contribution in [2.24, 2.45) is 0 Å². The van der Waals surface area contributed by atoms with Crippen LogP contribution in [-0.2, 0) is 0 Å². The minimum atomic E-state index is 0.254. The molecule has 2 nitrogen and oxygen atoms in total. The van der Waals surface area contributed by atoms with E-state index in [9.17, 15) is 0 Å². The van der Waals surface area contributed by atoms with Crippen LogP contribution in [0.5, 0.6) is 0 Å². The summed E-state index contributed by atoms with van der Waals surface area (Å²) in [6.07, 6.45) is 1.84. The van der Waals surface area contributed by atoms with Gasteiger partial charge in [0.25, 0.3) is 0 Å². The van der Waals surface area contributed by atoms with E-state index in [0.29, 0.717) is 0 Å². The molecule has 2 aromatic rings. The second-order valence-electron chi connectivity index (χ2n) is 4.04. The minimum Gasteiger partial charge on any atom is -0.302 e. The fraction of sp³-hybridized carbons (Fsp3) is 0.308. The van der Waals surface area contributed by atoms with Crippen LogP contribution in [0.15, 0.2) is 35.8 Å². The number of nitrogens with one attached hydrogen (secondary N) is 1. The summed E-state index contributed by atoms with van der Waals surface area (Å²) in [6, 6.07) is 8.45. The molecule has 0 spiro atoms. The quantitative estimate of drug-likeness (QED) is 0.897. The molecular formula is C13H15ClN2S. The van der Waals surface area contributed by atoms with E-state index in [-0.39, 0.29) is 12.1 Å². The Bertz CT molecular complexity index is 470. The maximum Gasteiger partial charge on any atom is 0.109 e. The van der Waals surface area contributed by atoms with E-state index in [1.54, 1.807) is 11.3 Å². The van der Waals surface area contributed by atoms with Crippen molar-refractivity contribution >= 4 is 22.9 Å². The molecule has 0 saturated heterocycles. The zero-order chi connectivity index (χ0) is 12.3. The summed E-state index contributed by atoms with van der Waals surface area (Å²) < 4.78 is 0. The summed E-state index contributed by atoms with van der Waals surface area (Å²) in [4.78, 5) is 4.31. The van der Waals surface area contributed by atoms with E-state index in [1.807, 2.05) is 29.8 Å². The van der Waals surface area contributed by atoms with E-state index in [1.165, 1.54) is 5.56 Å². The molecule has 0 aliphatic carbocycles. The Balaban J connectivity index is 2.04. The van der Waals surface area contributed by atoms with Gasteiger partial charge in [0, 0.05) is 22.6 Å². The predicted molar refractivity (Wildman–Crippen MR) is 73.5 cm³/mol. The summed E-state index contributed by atoms with van der Waals surface area (Å²) >= 11 is 7.66. The average molecular weight is 267 g/mol. The number of benzene rings is 1. The number of nitrogens with zero attached hydrogens (tertiary/aromatic N) is 1. The lowest BCUT2D eigenvalue weighted by molar-refractivity contribution is 0.493. The summed E-state index contributed by atoms with van der Waals surface area (Å²) in [6.45, 7) is 4.26. The van der Waals surface area contributed by atoms with Crippen LogP contribution in [0, 0.1) is 0 Å². The lowest BCUT2D eigenvalue weighted by Gasteiger charge is -2.19. The van der Waals surface area contributed by atoms with Gasteiger partial charge in [-0.25, -0.2) is 4.98 Å². The van der Waals surface area contributed by atoms with Crippen molar-refractivity contribution in [2.45, 2.75) is 25.9 Å². The first kappa shape index (κ1) is 12.6. The first-order chi connectivity index (χ1) is 8.16. The van der Waals surface area contributed by atoms with Crippen LogP contribution in [0.3, 0.4) is 0 Å². The Kier molecular flexibility index (Phi) is 4.15. The Morgan fingerprint density at radius 1 is 1.29 bits per heavy atom. The Morgan fingerprint density at radius 3 is 2.76 bits per heavy atom. The first-order valence-electron chi connectivity index (χ1n) is 5.57. The Morgan fingerprint density at radius 2 is 2.12 bits per heavy atom. The lowest BCUT2D eigenvalue weighted by atomic mass is 10.1. The summed E-state index contributed by atoms with van der Waals surface area (Å²) in [5, 5.41) is 7.40. The standard InChI is InChI=1S/C13H15ClN2S/c1-9(11-4-3-5-12(14)8-11)16-10(2)13-15-6-7-17-13/h3-10,16H,1-2H3/t9-,10?/m0/s1. The van der Waals surface area contributed by atoms with Crippen molar-refractivity contribution in [3.8, 4) is 0 Å². The number of thiazole rings is 1. The number of hydrogen-bond acceptors (Lipinski definition) is 3. The van der Waals surface area contributed by atoms with Crippen LogP contribution < -0.4 is 5.32 Å². The fourth-order valence-electron chi connectivity index (χ4n) is 1.77. The molecule has 1 aromatic heterocycles. The van der Waals surface area contributed by atoms with E-state index in [4.69, 9.17) is 11.6 Å². The summed E-state index contributed by atoms with van der Waals surface area (Å²) in [5.74, 6) is 0. The maximum absolute atomic E-state index is 5.99. The third-order valence-corrected chi connectivity index (χ3v) is 3.86. The SMILES string of the molecule is CC(N[C@@H](C)c1cccc(Cl)c1)c1nccs1. The van der Waals surface area contributed by atoms with Crippen LogP contribution in [0.2, 0.25) is 5.02 Å². The average Bonchev–Trinajstić information content (AvgIpc) is 2.82. The second kappa shape index (κ2) is 5.63. The molecule has 0 amide bonds. The molecule has 0 aliphatic rings. The third-order valence-electron chi connectivity index (χ3n) is 2.67. The summed E-state index contributed by atoms with van der Waals surface area (Å²) in [7, 11) is 0. The molecular weight excluding hydrogens is 252 g/mol. The van der Waals surface area contributed by atoms with Crippen molar-refractivity contribution in [3.63, 3.8) is 0 Å². The molecule has 0 aliphatic heterocycles. The molecule has 0 bridgehead atoms. The molecule has 0 radical (unpaired) electrons. The molecule has 2 atom stereocenters. The van der Waals surface area contributed by atoms with Gasteiger partial charge in [-0.1, -0.05) is 23.7 Å². The zero-order valence-electron chi connectivity index (χ0n) is 9.85. The number of aromatic nitrogens is 1. The highest BCUT2D eigenvalue weighted by Gasteiger charge is 2.12. The van der Waals surface area contributed by atoms with Gasteiger partial charge in [-0.2, -0.15) is 0 Å².